The first-order valence-electron chi connectivity index (χ1n) is 8.47. The highest BCUT2D eigenvalue weighted by Crippen LogP contribution is 2.00. The molecule has 0 atom stereocenters. The van der Waals surface area contributed by atoms with Crippen molar-refractivity contribution in [1.82, 2.24) is 51.3 Å². The van der Waals surface area contributed by atoms with E-state index in [1.54, 1.807) is 0 Å². The monoisotopic (exact) mass is 334 g/mol. The van der Waals surface area contributed by atoms with Crippen molar-refractivity contribution in [2.75, 3.05) is 52.4 Å². The largest absolute Gasteiger partial charge is 0.314 e. The van der Waals surface area contributed by atoms with Crippen molar-refractivity contribution in [2.45, 2.75) is 13.1 Å². The fraction of sp³-hybridized carbons (Fsp3) is 0.714. The van der Waals surface area contributed by atoms with Crippen LogP contribution in [0.3, 0.4) is 0 Å². The Hall–Kier alpha value is -1.88. The van der Waals surface area contributed by atoms with Gasteiger partial charge in [0.05, 0.1) is 11.4 Å². The molecule has 10 heteroatoms. The molecule has 1 fully saturated rings. The number of nitrogens with zero attached hydrogens (tertiary/aromatic N) is 6. The Bertz CT molecular complexity index is 478. The molecular weight excluding hydrogens is 308 g/mol. The van der Waals surface area contributed by atoms with Crippen LogP contribution in [0, 0.1) is 0 Å². The molecule has 3 rings (SSSR count). The van der Waals surface area contributed by atoms with Gasteiger partial charge in [-0.3, -0.25) is 20.0 Å². The topological polar surface area (TPSA) is 114 Å². The third-order valence-electron chi connectivity index (χ3n) is 4.13. The molecule has 2 aromatic rings. The average molecular weight is 334 g/mol. The number of aromatic nitrogens is 6. The fourth-order valence-electron chi connectivity index (χ4n) is 2.80. The molecule has 0 amide bonds. The maximum Gasteiger partial charge on any atom is 0.0964 e. The smallest absolute Gasteiger partial charge is 0.0964 e. The van der Waals surface area contributed by atoms with E-state index in [9.17, 15) is 0 Å². The second-order valence-corrected chi connectivity index (χ2v) is 5.98. The molecule has 4 N–H and O–H groups in total. The van der Waals surface area contributed by atoms with E-state index in [2.05, 4.69) is 51.3 Å². The number of rotatable bonds is 4. The van der Waals surface area contributed by atoms with Crippen LogP contribution in [0.2, 0.25) is 0 Å². The molecule has 0 aliphatic carbocycles. The van der Waals surface area contributed by atoms with Gasteiger partial charge in [0.15, 0.2) is 0 Å². The molecule has 1 aliphatic heterocycles. The van der Waals surface area contributed by atoms with Crippen LogP contribution in [-0.2, 0) is 13.1 Å². The van der Waals surface area contributed by atoms with Crippen LogP contribution >= 0.6 is 0 Å². The number of H-pyrrole nitrogens is 2. The van der Waals surface area contributed by atoms with Crippen LogP contribution in [0.4, 0.5) is 0 Å². The van der Waals surface area contributed by atoms with E-state index in [1.807, 2.05) is 12.4 Å². The van der Waals surface area contributed by atoms with Crippen molar-refractivity contribution in [1.29, 1.82) is 0 Å². The van der Waals surface area contributed by atoms with Crippen LogP contribution < -0.4 is 10.6 Å². The second-order valence-electron chi connectivity index (χ2n) is 5.98. The van der Waals surface area contributed by atoms with Crippen molar-refractivity contribution in [3.05, 3.63) is 23.8 Å². The lowest BCUT2D eigenvalue weighted by Crippen LogP contribution is -2.42. The molecular formula is C14H26N10. The molecule has 0 bridgehead atoms. The van der Waals surface area contributed by atoms with E-state index in [-0.39, 0.29) is 0 Å². The quantitative estimate of drug-likeness (QED) is 0.530. The number of hydrogen-bond acceptors (Lipinski definition) is 8. The Kier molecular flexibility index (Phi) is 6.66. The van der Waals surface area contributed by atoms with Gasteiger partial charge in [0, 0.05) is 77.8 Å². The van der Waals surface area contributed by atoms with Gasteiger partial charge in [-0.2, -0.15) is 0 Å². The van der Waals surface area contributed by atoms with Crippen LogP contribution in [0.1, 0.15) is 11.4 Å². The summed E-state index contributed by atoms with van der Waals surface area (Å²) in [5, 5.41) is 28.3. The van der Waals surface area contributed by atoms with Crippen molar-refractivity contribution >= 4 is 0 Å². The summed E-state index contributed by atoms with van der Waals surface area (Å²) in [5.41, 5.74) is 1.97. The molecule has 1 saturated heterocycles. The summed E-state index contributed by atoms with van der Waals surface area (Å²) in [5.74, 6) is 0. The van der Waals surface area contributed by atoms with Gasteiger partial charge in [-0.15, -0.1) is 10.2 Å². The van der Waals surface area contributed by atoms with Crippen LogP contribution in [0.25, 0.3) is 0 Å². The maximum atomic E-state index is 4.08. The van der Waals surface area contributed by atoms with Crippen molar-refractivity contribution in [2.24, 2.45) is 0 Å². The van der Waals surface area contributed by atoms with Crippen LogP contribution in [-0.4, -0.2) is 93.0 Å². The SMILES string of the molecule is c1[nH]nnc1CN1CCNCCN(Cc2c[nH]nn2)CCNCC1. The Morgan fingerprint density at radius 1 is 0.708 bits per heavy atom. The summed E-state index contributed by atoms with van der Waals surface area (Å²) in [7, 11) is 0. The Morgan fingerprint density at radius 3 is 1.46 bits per heavy atom. The number of aromatic amines is 2. The lowest BCUT2D eigenvalue weighted by molar-refractivity contribution is 0.230. The summed E-state index contributed by atoms with van der Waals surface area (Å²) in [6.07, 6.45) is 3.72. The predicted octanol–water partition coefficient (Wildman–Crippen LogP) is -1.58. The normalized spacial score (nSPS) is 19.7. The van der Waals surface area contributed by atoms with Gasteiger partial charge < -0.3 is 10.6 Å². The minimum Gasteiger partial charge on any atom is -0.314 e. The zero-order valence-corrected chi connectivity index (χ0v) is 13.9. The zero-order chi connectivity index (χ0) is 16.5. The van der Waals surface area contributed by atoms with Gasteiger partial charge in [0.1, 0.15) is 0 Å². The van der Waals surface area contributed by atoms with Crippen LogP contribution in [0.15, 0.2) is 12.4 Å². The minimum absolute atomic E-state index is 0.831. The van der Waals surface area contributed by atoms with Crippen molar-refractivity contribution in [3.8, 4) is 0 Å². The molecule has 132 valence electrons. The molecule has 0 saturated carbocycles. The Morgan fingerprint density at radius 2 is 1.12 bits per heavy atom. The van der Waals surface area contributed by atoms with Gasteiger partial charge >= 0.3 is 0 Å². The number of hydrogen-bond donors (Lipinski definition) is 4. The highest BCUT2D eigenvalue weighted by molar-refractivity contribution is 4.91. The van der Waals surface area contributed by atoms with E-state index in [0.29, 0.717) is 0 Å². The predicted molar refractivity (Wildman–Crippen MR) is 89.1 cm³/mol. The van der Waals surface area contributed by atoms with Gasteiger partial charge in [-0.1, -0.05) is 10.4 Å². The third-order valence-corrected chi connectivity index (χ3v) is 4.13. The summed E-state index contributed by atoms with van der Waals surface area (Å²) in [4.78, 5) is 4.79. The highest BCUT2D eigenvalue weighted by atomic mass is 15.3. The Labute approximate surface area is 141 Å². The summed E-state index contributed by atoms with van der Waals surface area (Å²) in [6.45, 7) is 9.53. The first-order valence-corrected chi connectivity index (χ1v) is 8.47. The molecule has 0 radical (unpaired) electrons. The molecule has 10 nitrogen and oxygen atoms in total. The molecule has 24 heavy (non-hydrogen) atoms. The molecule has 2 aromatic heterocycles. The lowest BCUT2D eigenvalue weighted by Gasteiger charge is -2.25. The first kappa shape index (κ1) is 17.0. The Balaban J connectivity index is 1.45. The van der Waals surface area contributed by atoms with Gasteiger partial charge in [0.2, 0.25) is 0 Å². The fourth-order valence-corrected chi connectivity index (χ4v) is 2.80. The maximum absolute atomic E-state index is 4.08. The molecule has 0 aromatic carbocycles. The first-order chi connectivity index (χ1) is 11.9. The minimum atomic E-state index is 0.831. The molecule has 0 unspecified atom stereocenters. The van der Waals surface area contributed by atoms with Gasteiger partial charge in [-0.05, 0) is 0 Å². The second kappa shape index (κ2) is 9.42. The summed E-state index contributed by atoms with van der Waals surface area (Å²) < 4.78 is 0. The summed E-state index contributed by atoms with van der Waals surface area (Å²) in [6, 6.07) is 0. The van der Waals surface area contributed by atoms with E-state index < -0.39 is 0 Å². The standard InChI is InChI=1S/C14H26N10/c1-5-23(11-13-9-17-21-19-13)7-3-16-4-8-24(6-2-15-1)12-14-10-18-22-20-14/h9-10,15-16H,1-8,11-12H2,(H,17,19,21)(H,18,20,22). The molecule has 0 spiro atoms. The van der Waals surface area contributed by atoms with Gasteiger partial charge in [-0.25, -0.2) is 0 Å². The average Bonchev–Trinajstić information content (AvgIpc) is 3.25. The van der Waals surface area contributed by atoms with E-state index >= 15 is 0 Å². The number of nitrogens with one attached hydrogen (secondary N) is 4. The lowest BCUT2D eigenvalue weighted by atomic mass is 10.3. The van der Waals surface area contributed by atoms with E-state index in [1.165, 1.54) is 0 Å². The summed E-state index contributed by atoms with van der Waals surface area (Å²) >= 11 is 0. The molecule has 1 aliphatic rings. The zero-order valence-electron chi connectivity index (χ0n) is 13.9. The van der Waals surface area contributed by atoms with E-state index in [4.69, 9.17) is 0 Å². The highest BCUT2D eigenvalue weighted by Gasteiger charge is 2.11. The third kappa shape index (κ3) is 5.64. The van der Waals surface area contributed by atoms with E-state index in [0.717, 1.165) is 76.8 Å². The van der Waals surface area contributed by atoms with Crippen molar-refractivity contribution < 1.29 is 0 Å². The molecule has 3 heterocycles. The van der Waals surface area contributed by atoms with Crippen LogP contribution in [0.5, 0.6) is 0 Å². The van der Waals surface area contributed by atoms with Crippen molar-refractivity contribution in [3.63, 3.8) is 0 Å². The van der Waals surface area contributed by atoms with Gasteiger partial charge in [0.25, 0.3) is 0 Å².